The SMILES string of the molecule is CC(=O)N(CC(=O)N(C)Cc1ccccc1)c1ccc(Cl)cc1. The molecule has 0 aliphatic heterocycles. The second kappa shape index (κ2) is 7.79. The second-order valence-corrected chi connectivity index (χ2v) is 5.75. The van der Waals surface area contributed by atoms with Gasteiger partial charge in [-0.25, -0.2) is 0 Å². The molecule has 0 fully saturated rings. The Kier molecular flexibility index (Phi) is 5.77. The fraction of sp³-hybridized carbons (Fsp3) is 0.222. The average molecular weight is 331 g/mol. The zero-order chi connectivity index (χ0) is 16.8. The van der Waals surface area contributed by atoms with Gasteiger partial charge in [0.2, 0.25) is 11.8 Å². The third-order valence-corrected chi connectivity index (χ3v) is 3.75. The van der Waals surface area contributed by atoms with Crippen molar-refractivity contribution >= 4 is 29.1 Å². The van der Waals surface area contributed by atoms with Crippen molar-refractivity contribution in [1.29, 1.82) is 0 Å². The molecule has 0 unspecified atom stereocenters. The summed E-state index contributed by atoms with van der Waals surface area (Å²) >= 11 is 5.86. The largest absolute Gasteiger partial charge is 0.340 e. The zero-order valence-electron chi connectivity index (χ0n) is 13.2. The molecule has 0 saturated carbocycles. The molecule has 2 amide bonds. The lowest BCUT2D eigenvalue weighted by atomic mass is 10.2. The van der Waals surface area contributed by atoms with Gasteiger partial charge in [-0.3, -0.25) is 9.59 Å². The molecule has 4 nitrogen and oxygen atoms in total. The first-order valence-electron chi connectivity index (χ1n) is 7.29. The molecular weight excluding hydrogens is 312 g/mol. The van der Waals surface area contributed by atoms with Crippen LogP contribution < -0.4 is 4.90 Å². The first-order valence-corrected chi connectivity index (χ1v) is 7.66. The van der Waals surface area contributed by atoms with Gasteiger partial charge >= 0.3 is 0 Å². The Balaban J connectivity index is 2.06. The van der Waals surface area contributed by atoms with Crippen LogP contribution in [0.2, 0.25) is 5.02 Å². The number of benzene rings is 2. The molecule has 0 spiro atoms. The topological polar surface area (TPSA) is 40.6 Å². The smallest absolute Gasteiger partial charge is 0.242 e. The van der Waals surface area contributed by atoms with Gasteiger partial charge in [0, 0.05) is 31.2 Å². The number of nitrogens with zero attached hydrogens (tertiary/aromatic N) is 2. The molecule has 120 valence electrons. The summed E-state index contributed by atoms with van der Waals surface area (Å²) in [6.07, 6.45) is 0. The first-order chi connectivity index (χ1) is 11.0. The van der Waals surface area contributed by atoms with Crippen LogP contribution in [0.3, 0.4) is 0 Å². The van der Waals surface area contributed by atoms with Crippen LogP contribution in [0.4, 0.5) is 5.69 Å². The molecule has 23 heavy (non-hydrogen) atoms. The average Bonchev–Trinajstić information content (AvgIpc) is 2.54. The number of amides is 2. The minimum absolute atomic E-state index is 0.000297. The quantitative estimate of drug-likeness (QED) is 0.843. The van der Waals surface area contributed by atoms with Crippen molar-refractivity contribution in [2.45, 2.75) is 13.5 Å². The maximum atomic E-state index is 12.4. The summed E-state index contributed by atoms with van der Waals surface area (Å²) < 4.78 is 0. The highest BCUT2D eigenvalue weighted by Crippen LogP contribution is 2.18. The lowest BCUT2D eigenvalue weighted by Gasteiger charge is -2.24. The molecule has 0 aliphatic carbocycles. The van der Waals surface area contributed by atoms with E-state index in [0.717, 1.165) is 5.56 Å². The number of carbonyl (C=O) groups excluding carboxylic acids is 2. The van der Waals surface area contributed by atoms with E-state index >= 15 is 0 Å². The van der Waals surface area contributed by atoms with Crippen LogP contribution in [0.25, 0.3) is 0 Å². The number of likely N-dealkylation sites (N-methyl/N-ethyl adjacent to an activating group) is 1. The molecule has 0 aromatic heterocycles. The Morgan fingerprint density at radius 1 is 1.00 bits per heavy atom. The minimum atomic E-state index is -0.186. The lowest BCUT2D eigenvalue weighted by Crippen LogP contribution is -2.40. The predicted molar refractivity (Wildman–Crippen MR) is 92.4 cm³/mol. The van der Waals surface area contributed by atoms with Crippen molar-refractivity contribution in [1.82, 2.24) is 4.90 Å². The van der Waals surface area contributed by atoms with Gasteiger partial charge in [0.25, 0.3) is 0 Å². The maximum absolute atomic E-state index is 12.4. The van der Waals surface area contributed by atoms with Gasteiger partial charge in [0.1, 0.15) is 6.54 Å². The highest BCUT2D eigenvalue weighted by Gasteiger charge is 2.18. The van der Waals surface area contributed by atoms with Crippen LogP contribution in [0.15, 0.2) is 54.6 Å². The zero-order valence-corrected chi connectivity index (χ0v) is 14.0. The van der Waals surface area contributed by atoms with Gasteiger partial charge in [0.05, 0.1) is 0 Å². The van der Waals surface area contributed by atoms with E-state index in [9.17, 15) is 9.59 Å². The van der Waals surface area contributed by atoms with Crippen molar-refractivity contribution in [2.24, 2.45) is 0 Å². The second-order valence-electron chi connectivity index (χ2n) is 5.32. The third-order valence-electron chi connectivity index (χ3n) is 3.50. The molecule has 0 N–H and O–H groups in total. The molecule has 2 rings (SSSR count). The Morgan fingerprint density at radius 3 is 2.17 bits per heavy atom. The highest BCUT2D eigenvalue weighted by atomic mass is 35.5. The number of halogens is 1. The van der Waals surface area contributed by atoms with Gasteiger partial charge in [-0.1, -0.05) is 41.9 Å². The predicted octanol–water partition coefficient (Wildman–Crippen LogP) is 3.35. The summed E-state index contributed by atoms with van der Waals surface area (Å²) in [5.41, 5.74) is 1.70. The van der Waals surface area contributed by atoms with Gasteiger partial charge in [0.15, 0.2) is 0 Å². The van der Waals surface area contributed by atoms with Crippen LogP contribution in [-0.2, 0) is 16.1 Å². The van der Waals surface area contributed by atoms with Crippen molar-refractivity contribution in [3.05, 3.63) is 65.2 Å². The van der Waals surface area contributed by atoms with Crippen molar-refractivity contribution in [2.75, 3.05) is 18.5 Å². The summed E-state index contributed by atoms with van der Waals surface area (Å²) in [7, 11) is 1.73. The van der Waals surface area contributed by atoms with Crippen LogP contribution in [-0.4, -0.2) is 30.3 Å². The third kappa shape index (κ3) is 4.83. The Morgan fingerprint density at radius 2 is 1.61 bits per heavy atom. The minimum Gasteiger partial charge on any atom is -0.340 e. The monoisotopic (exact) mass is 330 g/mol. The number of anilines is 1. The molecule has 0 saturated heterocycles. The molecule has 0 bridgehead atoms. The van der Waals surface area contributed by atoms with E-state index in [1.54, 1.807) is 36.2 Å². The van der Waals surface area contributed by atoms with Crippen molar-refractivity contribution in [3.63, 3.8) is 0 Å². The van der Waals surface area contributed by atoms with Gasteiger partial charge in [-0.2, -0.15) is 0 Å². The van der Waals surface area contributed by atoms with E-state index in [0.29, 0.717) is 17.3 Å². The van der Waals surface area contributed by atoms with E-state index < -0.39 is 0 Å². The van der Waals surface area contributed by atoms with Crippen LogP contribution in [0, 0.1) is 0 Å². The Hall–Kier alpha value is -2.33. The lowest BCUT2D eigenvalue weighted by molar-refractivity contribution is -0.130. The fourth-order valence-corrected chi connectivity index (χ4v) is 2.33. The summed E-state index contributed by atoms with van der Waals surface area (Å²) in [5, 5.41) is 0.588. The number of carbonyl (C=O) groups is 2. The van der Waals surface area contributed by atoms with Gasteiger partial charge < -0.3 is 9.80 Å². The molecule has 0 radical (unpaired) electrons. The van der Waals surface area contributed by atoms with Crippen molar-refractivity contribution < 1.29 is 9.59 Å². The van der Waals surface area contributed by atoms with E-state index in [-0.39, 0.29) is 18.4 Å². The number of rotatable bonds is 5. The molecule has 2 aromatic rings. The summed E-state index contributed by atoms with van der Waals surface area (Å²) in [6.45, 7) is 1.95. The molecular formula is C18H19ClN2O2. The highest BCUT2D eigenvalue weighted by molar-refractivity contribution is 6.30. The van der Waals surface area contributed by atoms with Gasteiger partial charge in [-0.15, -0.1) is 0 Å². The normalized spacial score (nSPS) is 10.2. The van der Waals surface area contributed by atoms with E-state index in [1.807, 2.05) is 30.3 Å². The molecule has 0 aliphatic rings. The van der Waals surface area contributed by atoms with E-state index in [2.05, 4.69) is 0 Å². The summed E-state index contributed by atoms with van der Waals surface area (Å²) in [4.78, 5) is 27.3. The molecule has 2 aromatic carbocycles. The van der Waals surface area contributed by atoms with Crippen molar-refractivity contribution in [3.8, 4) is 0 Å². The molecule has 0 atom stereocenters. The fourth-order valence-electron chi connectivity index (χ4n) is 2.21. The number of hydrogen-bond acceptors (Lipinski definition) is 2. The summed E-state index contributed by atoms with van der Waals surface area (Å²) in [6, 6.07) is 16.6. The van der Waals surface area contributed by atoms with Gasteiger partial charge in [-0.05, 0) is 29.8 Å². The summed E-state index contributed by atoms with van der Waals surface area (Å²) in [5.74, 6) is -0.312. The first kappa shape index (κ1) is 17.0. The van der Waals surface area contributed by atoms with E-state index in [1.165, 1.54) is 11.8 Å². The molecule has 0 heterocycles. The van der Waals surface area contributed by atoms with E-state index in [4.69, 9.17) is 11.6 Å². The van der Waals surface area contributed by atoms with Crippen LogP contribution in [0.1, 0.15) is 12.5 Å². The standard InChI is InChI=1S/C18H19ClN2O2/c1-14(22)21(17-10-8-16(19)9-11-17)13-18(23)20(2)12-15-6-4-3-5-7-15/h3-11H,12-13H2,1-2H3. The van der Waals surface area contributed by atoms with Crippen LogP contribution >= 0.6 is 11.6 Å². The Labute approximate surface area is 141 Å². The number of hydrogen-bond donors (Lipinski definition) is 0. The molecule has 5 heteroatoms. The van der Waals surface area contributed by atoms with Crippen LogP contribution in [0.5, 0.6) is 0 Å². The maximum Gasteiger partial charge on any atom is 0.242 e. The Bertz CT molecular complexity index is 671.